The van der Waals surface area contributed by atoms with Gasteiger partial charge in [0.1, 0.15) is 6.61 Å². The zero-order valence-electron chi connectivity index (χ0n) is 7.62. The highest BCUT2D eigenvalue weighted by Crippen LogP contribution is 2.03. The fourth-order valence-corrected chi connectivity index (χ4v) is 0.994. The van der Waals surface area contributed by atoms with Crippen LogP contribution in [0, 0.1) is 0 Å². The number of ether oxygens (including phenoxy) is 1. The van der Waals surface area contributed by atoms with Crippen LogP contribution in [0.25, 0.3) is 0 Å². The second-order valence-electron chi connectivity index (χ2n) is 2.58. The summed E-state index contributed by atoms with van der Waals surface area (Å²) in [5.41, 5.74) is 0. The van der Waals surface area contributed by atoms with Crippen LogP contribution >= 0.6 is 11.6 Å². The monoisotopic (exact) mass is 204 g/mol. The maximum atomic E-state index is 5.51. The molecule has 74 valence electrons. The van der Waals surface area contributed by atoms with E-state index in [1.165, 1.54) is 0 Å². The third kappa shape index (κ3) is 3.74. The minimum atomic E-state index is 0.392. The summed E-state index contributed by atoms with van der Waals surface area (Å²) >= 11 is 5.51. The molecule has 0 aromatic carbocycles. The second kappa shape index (κ2) is 5.94. The Morgan fingerprint density at radius 1 is 1.38 bits per heavy atom. The standard InChI is InChI=1S/C8H13ClN2O2/c1-2-5-12-6-8-11-10-7(13-8)3-4-9/h2-6H2,1H3. The Bertz CT molecular complexity index is 240. The zero-order chi connectivity index (χ0) is 9.52. The molecule has 0 aliphatic rings. The average molecular weight is 205 g/mol. The van der Waals surface area contributed by atoms with Gasteiger partial charge in [-0.15, -0.1) is 21.8 Å². The van der Waals surface area contributed by atoms with E-state index in [1.54, 1.807) is 0 Å². The Morgan fingerprint density at radius 3 is 2.85 bits per heavy atom. The van der Waals surface area contributed by atoms with Crippen LogP contribution in [-0.4, -0.2) is 22.7 Å². The lowest BCUT2D eigenvalue weighted by atomic mass is 10.5. The smallest absolute Gasteiger partial charge is 0.242 e. The predicted molar refractivity (Wildman–Crippen MR) is 48.7 cm³/mol. The van der Waals surface area contributed by atoms with Gasteiger partial charge in [0.25, 0.3) is 0 Å². The van der Waals surface area contributed by atoms with Crippen molar-refractivity contribution in [3.63, 3.8) is 0 Å². The molecule has 0 saturated carbocycles. The first-order chi connectivity index (χ1) is 6.36. The average Bonchev–Trinajstić information content (AvgIpc) is 2.54. The second-order valence-corrected chi connectivity index (χ2v) is 2.96. The number of hydrogen-bond acceptors (Lipinski definition) is 4. The van der Waals surface area contributed by atoms with Gasteiger partial charge in [0.15, 0.2) is 0 Å². The van der Waals surface area contributed by atoms with Gasteiger partial charge in [-0.25, -0.2) is 0 Å². The minimum absolute atomic E-state index is 0.392. The number of aryl methyl sites for hydroxylation is 1. The van der Waals surface area contributed by atoms with Crippen LogP contribution in [-0.2, 0) is 17.8 Å². The van der Waals surface area contributed by atoms with Crippen molar-refractivity contribution < 1.29 is 9.15 Å². The first-order valence-corrected chi connectivity index (χ1v) is 4.85. The van der Waals surface area contributed by atoms with Gasteiger partial charge in [0, 0.05) is 18.9 Å². The van der Waals surface area contributed by atoms with Crippen molar-refractivity contribution in [3.05, 3.63) is 11.8 Å². The molecule has 0 aliphatic heterocycles. The molecule has 1 aromatic rings. The van der Waals surface area contributed by atoms with Gasteiger partial charge in [0.2, 0.25) is 11.8 Å². The van der Waals surface area contributed by atoms with E-state index in [0.29, 0.717) is 37.3 Å². The third-order valence-corrected chi connectivity index (χ3v) is 1.58. The molecule has 0 bridgehead atoms. The van der Waals surface area contributed by atoms with Crippen LogP contribution in [0.1, 0.15) is 25.1 Å². The van der Waals surface area contributed by atoms with E-state index < -0.39 is 0 Å². The van der Waals surface area contributed by atoms with Gasteiger partial charge in [-0.1, -0.05) is 6.92 Å². The zero-order valence-corrected chi connectivity index (χ0v) is 8.38. The van der Waals surface area contributed by atoms with Crippen molar-refractivity contribution in [2.75, 3.05) is 12.5 Å². The maximum Gasteiger partial charge on any atom is 0.242 e. The summed E-state index contributed by atoms with van der Waals surface area (Å²) in [6.45, 7) is 3.16. The fourth-order valence-electron chi connectivity index (χ4n) is 0.832. The first-order valence-electron chi connectivity index (χ1n) is 4.31. The molecule has 0 saturated heterocycles. The summed E-state index contributed by atoms with van der Waals surface area (Å²) in [4.78, 5) is 0. The van der Waals surface area contributed by atoms with Crippen molar-refractivity contribution >= 4 is 11.6 Å². The van der Waals surface area contributed by atoms with Gasteiger partial charge >= 0.3 is 0 Å². The molecule has 1 heterocycles. The molecule has 0 aliphatic carbocycles. The molecule has 0 atom stereocenters. The number of hydrogen-bond donors (Lipinski definition) is 0. The van der Waals surface area contributed by atoms with Gasteiger partial charge in [-0.05, 0) is 6.42 Å². The number of alkyl halides is 1. The highest BCUT2D eigenvalue weighted by atomic mass is 35.5. The number of rotatable bonds is 6. The van der Waals surface area contributed by atoms with Crippen molar-refractivity contribution in [3.8, 4) is 0 Å². The van der Waals surface area contributed by atoms with E-state index in [0.717, 1.165) is 6.42 Å². The molecule has 13 heavy (non-hydrogen) atoms. The topological polar surface area (TPSA) is 48.2 Å². The van der Waals surface area contributed by atoms with Crippen molar-refractivity contribution in [2.45, 2.75) is 26.4 Å². The lowest BCUT2D eigenvalue weighted by molar-refractivity contribution is 0.102. The van der Waals surface area contributed by atoms with Crippen LogP contribution in [0.5, 0.6) is 0 Å². The number of nitrogens with zero attached hydrogens (tertiary/aromatic N) is 2. The van der Waals surface area contributed by atoms with Gasteiger partial charge < -0.3 is 9.15 Å². The van der Waals surface area contributed by atoms with Crippen LogP contribution in [0.3, 0.4) is 0 Å². The molecule has 1 aromatic heterocycles. The van der Waals surface area contributed by atoms with Gasteiger partial charge in [-0.3, -0.25) is 0 Å². The van der Waals surface area contributed by atoms with E-state index in [9.17, 15) is 0 Å². The SMILES string of the molecule is CCCOCc1nnc(CCCl)o1. The van der Waals surface area contributed by atoms with Gasteiger partial charge in [0.05, 0.1) is 0 Å². The van der Waals surface area contributed by atoms with E-state index in [4.69, 9.17) is 20.8 Å². The molecular formula is C8H13ClN2O2. The molecular weight excluding hydrogens is 192 g/mol. The van der Waals surface area contributed by atoms with Crippen molar-refractivity contribution in [1.82, 2.24) is 10.2 Å². The van der Waals surface area contributed by atoms with Gasteiger partial charge in [-0.2, -0.15) is 0 Å². The largest absolute Gasteiger partial charge is 0.423 e. The quantitative estimate of drug-likeness (QED) is 0.524. The molecule has 0 unspecified atom stereocenters. The summed E-state index contributed by atoms with van der Waals surface area (Å²) in [6.07, 6.45) is 1.60. The molecule has 5 heteroatoms. The van der Waals surface area contributed by atoms with E-state index >= 15 is 0 Å². The summed E-state index contributed by atoms with van der Waals surface area (Å²) in [5.74, 6) is 1.59. The van der Waals surface area contributed by atoms with E-state index in [1.807, 2.05) is 6.92 Å². The normalized spacial score (nSPS) is 10.6. The van der Waals surface area contributed by atoms with Crippen LogP contribution < -0.4 is 0 Å². The summed E-state index contributed by atoms with van der Waals surface area (Å²) in [7, 11) is 0. The van der Waals surface area contributed by atoms with Crippen LogP contribution in [0.2, 0.25) is 0 Å². The highest BCUT2D eigenvalue weighted by Gasteiger charge is 2.04. The summed E-state index contributed by atoms with van der Waals surface area (Å²) < 4.78 is 10.5. The molecule has 0 spiro atoms. The van der Waals surface area contributed by atoms with E-state index in [-0.39, 0.29) is 0 Å². The number of halogens is 1. The Morgan fingerprint density at radius 2 is 2.15 bits per heavy atom. The Labute approximate surface area is 82.2 Å². The molecule has 0 amide bonds. The minimum Gasteiger partial charge on any atom is -0.423 e. The molecule has 0 radical (unpaired) electrons. The Hall–Kier alpha value is -0.610. The van der Waals surface area contributed by atoms with E-state index in [2.05, 4.69) is 10.2 Å². The molecule has 0 N–H and O–H groups in total. The Balaban J connectivity index is 2.31. The lowest BCUT2D eigenvalue weighted by Crippen LogP contribution is -1.93. The van der Waals surface area contributed by atoms with Crippen LogP contribution in [0.15, 0.2) is 4.42 Å². The lowest BCUT2D eigenvalue weighted by Gasteiger charge is -1.95. The van der Waals surface area contributed by atoms with Crippen molar-refractivity contribution in [2.24, 2.45) is 0 Å². The third-order valence-electron chi connectivity index (χ3n) is 1.39. The maximum absolute atomic E-state index is 5.51. The molecule has 0 fully saturated rings. The molecule has 4 nitrogen and oxygen atoms in total. The molecule has 1 rings (SSSR count). The number of aromatic nitrogens is 2. The van der Waals surface area contributed by atoms with Crippen LogP contribution in [0.4, 0.5) is 0 Å². The summed E-state index contributed by atoms with van der Waals surface area (Å²) in [6, 6.07) is 0. The predicted octanol–water partition coefficient (Wildman–Crippen LogP) is 1.78. The highest BCUT2D eigenvalue weighted by molar-refractivity contribution is 6.17. The fraction of sp³-hybridized carbons (Fsp3) is 0.750. The Kier molecular flexibility index (Phi) is 4.78. The first kappa shape index (κ1) is 10.5. The summed E-state index contributed by atoms with van der Waals surface area (Å²) in [5, 5.41) is 7.61. The van der Waals surface area contributed by atoms with Crippen molar-refractivity contribution in [1.29, 1.82) is 0 Å².